The van der Waals surface area contributed by atoms with Crippen molar-refractivity contribution in [2.24, 2.45) is 4.99 Å². The molecule has 1 N–H and O–H groups in total. The molecule has 0 radical (unpaired) electrons. The molecule has 0 aliphatic carbocycles. The summed E-state index contributed by atoms with van der Waals surface area (Å²) in [5.41, 5.74) is 2.73. The van der Waals surface area contributed by atoms with Crippen molar-refractivity contribution in [3.63, 3.8) is 0 Å². The fraction of sp³-hybridized carbons (Fsp3) is 0.542. The van der Waals surface area contributed by atoms with Crippen molar-refractivity contribution < 1.29 is 4.39 Å². The van der Waals surface area contributed by atoms with E-state index in [0.29, 0.717) is 27.9 Å². The maximum Gasteiger partial charge on any atom is 0.203 e. The summed E-state index contributed by atoms with van der Waals surface area (Å²) in [6.07, 6.45) is 2.50. The topological polar surface area (TPSA) is 30.9 Å². The molecule has 0 spiro atoms. The van der Waals surface area contributed by atoms with Crippen molar-refractivity contribution >= 4 is 28.9 Å². The molecule has 0 aromatic heterocycles. The van der Waals surface area contributed by atoms with Gasteiger partial charge < -0.3 is 15.1 Å². The van der Waals surface area contributed by atoms with Gasteiger partial charge in [0.2, 0.25) is 5.96 Å². The molecule has 6 heteroatoms. The highest BCUT2D eigenvalue weighted by molar-refractivity contribution is 6.31. The molecule has 30 heavy (non-hydrogen) atoms. The first-order chi connectivity index (χ1) is 14.1. The fourth-order valence-corrected chi connectivity index (χ4v) is 2.62. The molecule has 0 amide bonds. The first-order valence-corrected chi connectivity index (χ1v) is 11.1. The molecular formula is C24H40ClFN4. The number of piperazine rings is 1. The average Bonchev–Trinajstić information content (AvgIpc) is 2.64. The van der Waals surface area contributed by atoms with Crippen LogP contribution in [0.4, 0.5) is 10.1 Å². The molecule has 1 aromatic carbocycles. The zero-order valence-corrected chi connectivity index (χ0v) is 20.7. The Morgan fingerprint density at radius 2 is 1.57 bits per heavy atom. The lowest BCUT2D eigenvalue weighted by Crippen LogP contribution is -2.51. The normalized spacial score (nSPS) is 15.0. The number of benzene rings is 1. The van der Waals surface area contributed by atoms with E-state index in [1.54, 1.807) is 6.07 Å². The van der Waals surface area contributed by atoms with E-state index < -0.39 is 5.82 Å². The number of nitrogens with one attached hydrogen (secondary N) is 1. The van der Waals surface area contributed by atoms with Crippen LogP contribution in [0.15, 0.2) is 35.9 Å². The van der Waals surface area contributed by atoms with Crippen molar-refractivity contribution in [1.29, 1.82) is 0 Å². The highest BCUT2D eigenvalue weighted by Gasteiger charge is 2.24. The van der Waals surface area contributed by atoms with Gasteiger partial charge in [0.25, 0.3) is 0 Å². The lowest BCUT2D eigenvalue weighted by Gasteiger charge is -2.36. The number of hydrogen-bond acceptors (Lipinski definition) is 4. The van der Waals surface area contributed by atoms with Gasteiger partial charge in [0.05, 0.1) is 0 Å². The van der Waals surface area contributed by atoms with Gasteiger partial charge in [-0.25, -0.2) is 9.38 Å². The minimum absolute atomic E-state index is 0.312. The highest BCUT2D eigenvalue weighted by atomic mass is 35.5. The highest BCUT2D eigenvalue weighted by Crippen LogP contribution is 2.33. The van der Waals surface area contributed by atoms with Gasteiger partial charge in [-0.2, -0.15) is 0 Å². The molecule has 2 aliphatic rings. The monoisotopic (exact) mass is 438 g/mol. The van der Waals surface area contributed by atoms with Crippen LogP contribution in [-0.4, -0.2) is 49.0 Å². The van der Waals surface area contributed by atoms with Crippen LogP contribution < -0.4 is 5.32 Å². The van der Waals surface area contributed by atoms with Crippen LogP contribution in [0, 0.1) is 5.82 Å². The zero-order chi connectivity index (χ0) is 23.3. The second-order valence-electron chi connectivity index (χ2n) is 7.73. The second-order valence-corrected chi connectivity index (χ2v) is 8.17. The molecule has 4 nitrogen and oxygen atoms in total. The standard InChI is InChI=1S/C14H16ClFN4.C4H8.2C3H8/c1-9-11-7-10(15)8-12(16)13(11)18-14(17-9)20-5-3-19(2)4-6-20;1-4(2)3;2*1-3-2/h7-8H,1,3-6H2,2H3,(H,17,18);1H2,2-3H3;2*3H2,1-2H3. The van der Waals surface area contributed by atoms with Gasteiger partial charge in [-0.05, 0) is 33.0 Å². The Kier molecular flexibility index (Phi) is 14.1. The maximum absolute atomic E-state index is 14.0. The lowest BCUT2D eigenvalue weighted by atomic mass is 10.1. The minimum Gasteiger partial charge on any atom is -0.340 e. The Bertz CT molecular complexity index is 701. The van der Waals surface area contributed by atoms with Gasteiger partial charge in [-0.3, -0.25) is 0 Å². The van der Waals surface area contributed by atoms with Crippen LogP contribution in [-0.2, 0) is 0 Å². The van der Waals surface area contributed by atoms with Crippen LogP contribution >= 0.6 is 11.6 Å². The quantitative estimate of drug-likeness (QED) is 0.457. The van der Waals surface area contributed by atoms with Gasteiger partial charge in [0.15, 0.2) is 5.82 Å². The second kappa shape index (κ2) is 15.0. The number of nitrogens with zero attached hydrogens (tertiary/aromatic N) is 3. The van der Waals surface area contributed by atoms with E-state index in [1.807, 2.05) is 13.8 Å². The Morgan fingerprint density at radius 3 is 2.03 bits per heavy atom. The van der Waals surface area contributed by atoms with Gasteiger partial charge in [-0.15, -0.1) is 6.58 Å². The largest absolute Gasteiger partial charge is 0.340 e. The average molecular weight is 439 g/mol. The van der Waals surface area contributed by atoms with Gasteiger partial charge >= 0.3 is 0 Å². The molecule has 2 heterocycles. The molecule has 1 fully saturated rings. The van der Waals surface area contributed by atoms with E-state index in [9.17, 15) is 4.39 Å². The fourth-order valence-electron chi connectivity index (χ4n) is 2.41. The molecule has 1 saturated heterocycles. The Labute approximate surface area is 188 Å². The molecule has 0 atom stereocenters. The summed E-state index contributed by atoms with van der Waals surface area (Å²) in [6.45, 7) is 23.6. The van der Waals surface area contributed by atoms with Crippen LogP contribution in [0.25, 0.3) is 5.70 Å². The van der Waals surface area contributed by atoms with E-state index >= 15 is 0 Å². The molecule has 1 aromatic rings. The SMILES string of the molecule is C=C(C)C.C=C1NC(N2CCN(C)CC2)=Nc2c(F)cc(Cl)cc21.CCC.CCC. The number of allylic oxidation sites excluding steroid dienone is 1. The number of fused-ring (bicyclic) bond motifs is 1. The maximum atomic E-state index is 14.0. The van der Waals surface area contributed by atoms with Crippen LogP contribution in [0.2, 0.25) is 5.02 Å². The summed E-state index contributed by atoms with van der Waals surface area (Å²) in [6, 6.07) is 2.96. The van der Waals surface area contributed by atoms with Gasteiger partial charge in [0, 0.05) is 42.5 Å². The number of hydrogen-bond donors (Lipinski definition) is 1. The number of likely N-dealkylation sites (N-methyl/N-ethyl adjacent to an activating group) is 1. The first-order valence-electron chi connectivity index (χ1n) is 10.7. The molecule has 3 rings (SSSR count). The molecule has 0 saturated carbocycles. The Morgan fingerprint density at radius 1 is 1.10 bits per heavy atom. The third-order valence-corrected chi connectivity index (χ3v) is 3.85. The molecule has 2 aliphatic heterocycles. The van der Waals surface area contributed by atoms with E-state index in [1.165, 1.54) is 24.5 Å². The Balaban J connectivity index is 0.000000714. The van der Waals surface area contributed by atoms with Gasteiger partial charge in [-0.1, -0.05) is 64.3 Å². The molecule has 170 valence electrons. The predicted octanol–water partition coefficient (Wildman–Crippen LogP) is 6.70. The van der Waals surface area contributed by atoms with Crippen LogP contribution in [0.1, 0.15) is 59.9 Å². The van der Waals surface area contributed by atoms with E-state index in [4.69, 9.17) is 11.6 Å². The van der Waals surface area contributed by atoms with Crippen molar-refractivity contribution in [1.82, 2.24) is 15.1 Å². The van der Waals surface area contributed by atoms with Crippen molar-refractivity contribution in [3.8, 4) is 0 Å². The summed E-state index contributed by atoms with van der Waals surface area (Å²) >= 11 is 5.88. The summed E-state index contributed by atoms with van der Waals surface area (Å²) < 4.78 is 14.0. The lowest BCUT2D eigenvalue weighted by molar-refractivity contribution is 0.212. The van der Waals surface area contributed by atoms with E-state index in [-0.39, 0.29) is 0 Å². The van der Waals surface area contributed by atoms with Crippen molar-refractivity contribution in [2.75, 3.05) is 33.2 Å². The number of halogens is 2. The minimum atomic E-state index is -0.415. The third kappa shape index (κ3) is 10.3. The number of aliphatic imine (C=N–C) groups is 1. The smallest absolute Gasteiger partial charge is 0.203 e. The van der Waals surface area contributed by atoms with E-state index in [0.717, 1.165) is 26.2 Å². The van der Waals surface area contributed by atoms with Gasteiger partial charge in [0.1, 0.15) is 5.69 Å². The summed E-state index contributed by atoms with van der Waals surface area (Å²) in [5, 5.41) is 3.50. The number of guanidine groups is 1. The summed E-state index contributed by atoms with van der Waals surface area (Å²) in [7, 11) is 2.09. The van der Waals surface area contributed by atoms with Crippen molar-refractivity contribution in [3.05, 3.63) is 47.3 Å². The predicted molar refractivity (Wildman–Crippen MR) is 132 cm³/mol. The Hall–Kier alpha value is -1.85. The molecule has 0 unspecified atom stereocenters. The zero-order valence-electron chi connectivity index (χ0n) is 19.9. The van der Waals surface area contributed by atoms with Crippen LogP contribution in [0.5, 0.6) is 0 Å². The molecule has 0 bridgehead atoms. The van der Waals surface area contributed by atoms with Crippen LogP contribution in [0.3, 0.4) is 0 Å². The summed E-state index contributed by atoms with van der Waals surface area (Å²) in [4.78, 5) is 8.77. The number of rotatable bonds is 0. The first kappa shape index (κ1) is 28.1. The van der Waals surface area contributed by atoms with E-state index in [2.05, 4.69) is 68.0 Å². The van der Waals surface area contributed by atoms with Crippen molar-refractivity contribution in [2.45, 2.75) is 54.4 Å². The molecular weight excluding hydrogens is 399 g/mol. The summed E-state index contributed by atoms with van der Waals surface area (Å²) in [5.74, 6) is 0.249. The third-order valence-electron chi connectivity index (χ3n) is 3.64.